The molecule has 0 aliphatic rings. The molecule has 0 radical (unpaired) electrons. The fraction of sp³-hybridized carbons (Fsp3) is 0.500. The van der Waals surface area contributed by atoms with Gasteiger partial charge in [-0.1, -0.05) is 0 Å². The zero-order chi connectivity index (χ0) is 12.2. The molecule has 16 heavy (non-hydrogen) atoms. The van der Waals surface area contributed by atoms with E-state index >= 15 is 0 Å². The molecule has 0 N–H and O–H groups in total. The highest BCUT2D eigenvalue weighted by Crippen LogP contribution is 2.24. The summed E-state index contributed by atoms with van der Waals surface area (Å²) in [7, 11) is 1.19. The van der Waals surface area contributed by atoms with Crippen LogP contribution in [0.15, 0.2) is 18.3 Å². The number of halogens is 3. The van der Waals surface area contributed by atoms with Crippen molar-refractivity contribution < 1.29 is 22.6 Å². The van der Waals surface area contributed by atoms with Crippen molar-refractivity contribution in [1.29, 1.82) is 0 Å². The average Bonchev–Trinajstić information content (AvgIpc) is 2.16. The van der Waals surface area contributed by atoms with Crippen molar-refractivity contribution in [3.63, 3.8) is 0 Å². The SMILES string of the molecule is COC[C@@H](Oc1cc(C)ccn1)C(F)(F)F. The van der Waals surface area contributed by atoms with Crippen molar-refractivity contribution in [3.05, 3.63) is 23.9 Å². The van der Waals surface area contributed by atoms with E-state index in [1.807, 2.05) is 0 Å². The Bertz CT molecular complexity index is 341. The molecule has 90 valence electrons. The van der Waals surface area contributed by atoms with Crippen LogP contribution in [-0.4, -0.2) is 31.0 Å². The fourth-order valence-corrected chi connectivity index (χ4v) is 1.07. The summed E-state index contributed by atoms with van der Waals surface area (Å²) in [4.78, 5) is 3.70. The minimum absolute atomic E-state index is 0.0561. The number of alkyl halides is 3. The molecule has 0 aliphatic carbocycles. The zero-order valence-corrected chi connectivity index (χ0v) is 8.91. The topological polar surface area (TPSA) is 31.4 Å². The Morgan fingerprint density at radius 3 is 2.62 bits per heavy atom. The lowest BCUT2D eigenvalue weighted by atomic mass is 10.3. The number of aryl methyl sites for hydroxylation is 1. The molecule has 6 heteroatoms. The Hall–Kier alpha value is -1.30. The minimum atomic E-state index is -4.47. The first-order valence-corrected chi connectivity index (χ1v) is 4.58. The lowest BCUT2D eigenvalue weighted by Gasteiger charge is -2.20. The number of rotatable bonds is 4. The monoisotopic (exact) mass is 235 g/mol. The van der Waals surface area contributed by atoms with Crippen LogP contribution < -0.4 is 4.74 Å². The molecule has 0 amide bonds. The van der Waals surface area contributed by atoms with Crippen LogP contribution in [-0.2, 0) is 4.74 Å². The summed E-state index contributed by atoms with van der Waals surface area (Å²) in [6, 6.07) is 3.11. The van der Waals surface area contributed by atoms with E-state index in [9.17, 15) is 13.2 Å². The molecule has 0 saturated carbocycles. The maximum absolute atomic E-state index is 12.5. The second-order valence-electron chi connectivity index (χ2n) is 3.27. The summed E-state index contributed by atoms with van der Waals surface area (Å²) >= 11 is 0. The van der Waals surface area contributed by atoms with Crippen LogP contribution in [0.4, 0.5) is 13.2 Å². The molecule has 1 atom stereocenters. The molecule has 1 aromatic heterocycles. The van der Waals surface area contributed by atoms with Gasteiger partial charge in [0.05, 0.1) is 6.61 Å². The number of nitrogens with zero attached hydrogens (tertiary/aromatic N) is 1. The van der Waals surface area contributed by atoms with Gasteiger partial charge < -0.3 is 9.47 Å². The minimum Gasteiger partial charge on any atom is -0.462 e. The number of hydrogen-bond donors (Lipinski definition) is 0. The predicted molar refractivity (Wildman–Crippen MR) is 51.3 cm³/mol. The van der Waals surface area contributed by atoms with Crippen LogP contribution in [0.1, 0.15) is 5.56 Å². The molecular formula is C10H12F3NO2. The standard InChI is InChI=1S/C10H12F3NO2/c1-7-3-4-14-9(5-7)16-8(6-15-2)10(11,12)13/h3-5,8H,6H2,1-2H3/t8-/m1/s1. The van der Waals surface area contributed by atoms with E-state index in [1.165, 1.54) is 19.4 Å². The molecule has 0 aromatic carbocycles. The third kappa shape index (κ3) is 3.69. The highest BCUT2D eigenvalue weighted by Gasteiger charge is 2.42. The van der Waals surface area contributed by atoms with E-state index < -0.39 is 18.9 Å². The van der Waals surface area contributed by atoms with Crippen molar-refractivity contribution in [3.8, 4) is 5.88 Å². The molecule has 0 bridgehead atoms. The first kappa shape index (κ1) is 12.8. The largest absolute Gasteiger partial charge is 0.462 e. The van der Waals surface area contributed by atoms with Gasteiger partial charge in [0.25, 0.3) is 0 Å². The van der Waals surface area contributed by atoms with Gasteiger partial charge in [-0.3, -0.25) is 0 Å². The summed E-state index contributed by atoms with van der Waals surface area (Å²) in [5.41, 5.74) is 0.781. The van der Waals surface area contributed by atoms with Gasteiger partial charge in [0.15, 0.2) is 0 Å². The van der Waals surface area contributed by atoms with Gasteiger partial charge >= 0.3 is 6.18 Å². The van der Waals surface area contributed by atoms with Crippen LogP contribution in [0, 0.1) is 6.92 Å². The number of pyridine rings is 1. The number of hydrogen-bond acceptors (Lipinski definition) is 3. The second-order valence-corrected chi connectivity index (χ2v) is 3.27. The quantitative estimate of drug-likeness (QED) is 0.802. The maximum Gasteiger partial charge on any atom is 0.427 e. The van der Waals surface area contributed by atoms with Gasteiger partial charge in [0, 0.05) is 19.4 Å². The Labute approximate surface area is 91.2 Å². The molecule has 0 fully saturated rings. The van der Waals surface area contributed by atoms with Gasteiger partial charge in [-0.15, -0.1) is 0 Å². The van der Waals surface area contributed by atoms with Crippen molar-refractivity contribution in [2.24, 2.45) is 0 Å². The molecule has 1 aromatic rings. The second kappa shape index (κ2) is 5.16. The average molecular weight is 235 g/mol. The summed E-state index contributed by atoms with van der Waals surface area (Å²) in [5, 5.41) is 0. The van der Waals surface area contributed by atoms with Crippen molar-refractivity contribution in [2.75, 3.05) is 13.7 Å². The van der Waals surface area contributed by atoms with E-state index in [2.05, 4.69) is 9.72 Å². The normalized spacial score (nSPS) is 13.6. The van der Waals surface area contributed by atoms with Gasteiger partial charge in [0.1, 0.15) is 0 Å². The van der Waals surface area contributed by atoms with Crippen LogP contribution in [0.2, 0.25) is 0 Å². The van der Waals surface area contributed by atoms with Crippen LogP contribution in [0.5, 0.6) is 5.88 Å². The smallest absolute Gasteiger partial charge is 0.427 e. The van der Waals surface area contributed by atoms with Crippen molar-refractivity contribution >= 4 is 0 Å². The van der Waals surface area contributed by atoms with E-state index in [-0.39, 0.29) is 5.88 Å². The lowest BCUT2D eigenvalue weighted by molar-refractivity contribution is -0.207. The fourth-order valence-electron chi connectivity index (χ4n) is 1.07. The van der Waals surface area contributed by atoms with Crippen molar-refractivity contribution in [1.82, 2.24) is 4.98 Å². The van der Waals surface area contributed by atoms with Gasteiger partial charge in [0.2, 0.25) is 12.0 Å². The predicted octanol–water partition coefficient (Wildman–Crippen LogP) is 2.35. The Balaban J connectivity index is 2.76. The number of aromatic nitrogens is 1. The number of methoxy groups -OCH3 is 1. The highest BCUT2D eigenvalue weighted by atomic mass is 19.4. The zero-order valence-electron chi connectivity index (χ0n) is 8.91. The third-order valence-corrected chi connectivity index (χ3v) is 1.84. The highest BCUT2D eigenvalue weighted by molar-refractivity contribution is 5.19. The van der Waals surface area contributed by atoms with E-state index in [0.717, 1.165) is 5.56 Å². The van der Waals surface area contributed by atoms with Crippen molar-refractivity contribution in [2.45, 2.75) is 19.2 Å². The van der Waals surface area contributed by atoms with Crippen LogP contribution >= 0.6 is 0 Å². The first-order valence-electron chi connectivity index (χ1n) is 4.58. The molecule has 0 spiro atoms. The van der Waals surface area contributed by atoms with E-state index in [1.54, 1.807) is 13.0 Å². The lowest BCUT2D eigenvalue weighted by Crippen LogP contribution is -2.38. The van der Waals surface area contributed by atoms with Gasteiger partial charge in [-0.2, -0.15) is 13.2 Å². The molecule has 3 nitrogen and oxygen atoms in total. The Morgan fingerprint density at radius 2 is 2.12 bits per heavy atom. The molecule has 0 unspecified atom stereocenters. The maximum atomic E-state index is 12.5. The Morgan fingerprint density at radius 1 is 1.44 bits per heavy atom. The van der Waals surface area contributed by atoms with Gasteiger partial charge in [-0.05, 0) is 18.6 Å². The molecule has 1 heterocycles. The van der Waals surface area contributed by atoms with E-state index in [0.29, 0.717) is 0 Å². The van der Waals surface area contributed by atoms with Gasteiger partial charge in [-0.25, -0.2) is 4.98 Å². The number of ether oxygens (including phenoxy) is 2. The molecule has 0 aliphatic heterocycles. The summed E-state index contributed by atoms with van der Waals surface area (Å²) in [5.74, 6) is -0.0561. The van der Waals surface area contributed by atoms with E-state index in [4.69, 9.17) is 4.74 Å². The molecule has 0 saturated heterocycles. The first-order chi connectivity index (χ1) is 7.43. The third-order valence-electron chi connectivity index (χ3n) is 1.84. The summed E-state index contributed by atoms with van der Waals surface area (Å²) in [6.07, 6.45) is -5.07. The van der Waals surface area contributed by atoms with Crippen LogP contribution in [0.25, 0.3) is 0 Å². The molecule has 1 rings (SSSR count). The summed E-state index contributed by atoms with van der Waals surface area (Å²) in [6.45, 7) is 1.19. The van der Waals surface area contributed by atoms with Crippen LogP contribution in [0.3, 0.4) is 0 Å². The Kier molecular flexibility index (Phi) is 4.12. The molecular weight excluding hydrogens is 223 g/mol. The summed E-state index contributed by atoms with van der Waals surface area (Å²) < 4.78 is 46.6.